The van der Waals surface area contributed by atoms with Crippen molar-refractivity contribution in [1.82, 2.24) is 15.1 Å². The van der Waals surface area contributed by atoms with E-state index in [-0.39, 0.29) is 0 Å². The highest BCUT2D eigenvalue weighted by Crippen LogP contribution is 2.33. The first kappa shape index (κ1) is 17.6. The zero-order valence-electron chi connectivity index (χ0n) is 14.7. The molecule has 6 nitrogen and oxygen atoms in total. The second kappa shape index (κ2) is 7.35. The second-order valence-electron chi connectivity index (χ2n) is 6.74. The van der Waals surface area contributed by atoms with Crippen LogP contribution in [0.3, 0.4) is 0 Å². The van der Waals surface area contributed by atoms with Crippen LogP contribution in [0.4, 0.5) is 4.79 Å². The molecule has 2 aliphatic heterocycles. The molecule has 4 amide bonds. The standard InChI is InChI=1S/C19H25N3O3/c1-2-19(15-9-5-3-6-10-15)16(23)20-18(25)22(17(19)24)14-13-21-11-7-4-8-12-21/h3,5-6,9-10H,2,4,7-8,11-14H2,1H3,(H,20,23,25)/t19-/m1/s1. The van der Waals surface area contributed by atoms with Gasteiger partial charge in [0.05, 0.1) is 0 Å². The zero-order chi connectivity index (χ0) is 17.9. The number of rotatable bonds is 5. The minimum atomic E-state index is -1.32. The number of hydrogen-bond acceptors (Lipinski definition) is 4. The summed E-state index contributed by atoms with van der Waals surface area (Å²) in [6, 6.07) is 8.41. The Morgan fingerprint density at radius 3 is 2.32 bits per heavy atom. The molecule has 0 spiro atoms. The van der Waals surface area contributed by atoms with Gasteiger partial charge in [-0.3, -0.25) is 19.8 Å². The van der Waals surface area contributed by atoms with Crippen molar-refractivity contribution in [3.8, 4) is 0 Å². The van der Waals surface area contributed by atoms with Crippen LogP contribution in [0.1, 0.15) is 38.2 Å². The van der Waals surface area contributed by atoms with Gasteiger partial charge in [0, 0.05) is 13.1 Å². The number of carbonyl (C=O) groups is 3. The fourth-order valence-corrected chi connectivity index (χ4v) is 3.81. The van der Waals surface area contributed by atoms with Crippen molar-refractivity contribution >= 4 is 17.8 Å². The number of piperidine rings is 1. The average molecular weight is 343 g/mol. The third kappa shape index (κ3) is 3.18. The van der Waals surface area contributed by atoms with E-state index in [0.717, 1.165) is 25.9 Å². The lowest BCUT2D eigenvalue weighted by molar-refractivity contribution is -0.145. The van der Waals surface area contributed by atoms with Crippen LogP contribution in [0.15, 0.2) is 30.3 Å². The van der Waals surface area contributed by atoms with Crippen molar-refractivity contribution in [2.45, 2.75) is 38.0 Å². The van der Waals surface area contributed by atoms with E-state index in [4.69, 9.17) is 0 Å². The molecule has 0 aliphatic carbocycles. The van der Waals surface area contributed by atoms with Crippen LogP contribution in [-0.4, -0.2) is 53.8 Å². The molecule has 1 atom stereocenters. The van der Waals surface area contributed by atoms with Crippen LogP contribution in [0.5, 0.6) is 0 Å². The Kier molecular flexibility index (Phi) is 5.18. The predicted molar refractivity (Wildman–Crippen MR) is 94.0 cm³/mol. The summed E-state index contributed by atoms with van der Waals surface area (Å²) in [5, 5.41) is 2.40. The third-order valence-corrected chi connectivity index (χ3v) is 5.35. The van der Waals surface area contributed by atoms with E-state index in [0.29, 0.717) is 25.1 Å². The van der Waals surface area contributed by atoms with Crippen molar-refractivity contribution in [2.24, 2.45) is 0 Å². The van der Waals surface area contributed by atoms with Crippen LogP contribution in [-0.2, 0) is 15.0 Å². The smallest absolute Gasteiger partial charge is 0.302 e. The van der Waals surface area contributed by atoms with Crippen molar-refractivity contribution in [3.05, 3.63) is 35.9 Å². The molecule has 2 fully saturated rings. The summed E-state index contributed by atoms with van der Waals surface area (Å²) in [6.07, 6.45) is 3.86. The lowest BCUT2D eigenvalue weighted by atomic mass is 9.75. The average Bonchev–Trinajstić information content (AvgIpc) is 2.64. The molecule has 6 heteroatoms. The van der Waals surface area contributed by atoms with E-state index < -0.39 is 23.3 Å². The molecule has 0 unspecified atom stereocenters. The summed E-state index contributed by atoms with van der Waals surface area (Å²) in [6.45, 7) is 4.78. The molecule has 134 valence electrons. The summed E-state index contributed by atoms with van der Waals surface area (Å²) in [7, 11) is 0. The predicted octanol–water partition coefficient (Wildman–Crippen LogP) is 1.90. The molecular formula is C19H25N3O3. The van der Waals surface area contributed by atoms with E-state index in [1.807, 2.05) is 25.1 Å². The van der Waals surface area contributed by atoms with Gasteiger partial charge in [0.2, 0.25) is 5.91 Å². The molecule has 0 aromatic heterocycles. The Morgan fingerprint density at radius 2 is 1.68 bits per heavy atom. The highest BCUT2D eigenvalue weighted by Gasteiger charge is 2.53. The molecule has 2 aliphatic rings. The largest absolute Gasteiger partial charge is 0.330 e. The van der Waals surface area contributed by atoms with Crippen molar-refractivity contribution < 1.29 is 14.4 Å². The van der Waals surface area contributed by atoms with E-state index in [1.54, 1.807) is 12.1 Å². The third-order valence-electron chi connectivity index (χ3n) is 5.35. The van der Waals surface area contributed by atoms with E-state index in [9.17, 15) is 14.4 Å². The molecular weight excluding hydrogens is 318 g/mol. The van der Waals surface area contributed by atoms with Crippen molar-refractivity contribution in [1.29, 1.82) is 0 Å². The summed E-state index contributed by atoms with van der Waals surface area (Å²) < 4.78 is 0. The minimum Gasteiger partial charge on any atom is -0.302 e. The Bertz CT molecular complexity index is 655. The first-order valence-electron chi connectivity index (χ1n) is 9.05. The number of hydrogen-bond donors (Lipinski definition) is 1. The van der Waals surface area contributed by atoms with Gasteiger partial charge in [0.25, 0.3) is 5.91 Å². The van der Waals surface area contributed by atoms with E-state index >= 15 is 0 Å². The lowest BCUT2D eigenvalue weighted by Gasteiger charge is -2.40. The number of benzene rings is 1. The SMILES string of the molecule is CC[C@@]1(c2ccccc2)C(=O)NC(=O)N(CCN2CCCCC2)C1=O. The van der Waals surface area contributed by atoms with E-state index in [1.165, 1.54) is 11.3 Å². The maximum Gasteiger partial charge on any atom is 0.330 e. The Balaban J connectivity index is 1.83. The quantitative estimate of drug-likeness (QED) is 0.829. The van der Waals surface area contributed by atoms with Crippen LogP contribution in [0.2, 0.25) is 0 Å². The molecule has 0 saturated carbocycles. The van der Waals surface area contributed by atoms with Crippen molar-refractivity contribution in [2.75, 3.05) is 26.2 Å². The molecule has 2 heterocycles. The Morgan fingerprint density at radius 1 is 1.00 bits per heavy atom. The van der Waals surface area contributed by atoms with Gasteiger partial charge >= 0.3 is 6.03 Å². The van der Waals surface area contributed by atoms with Gasteiger partial charge < -0.3 is 4.90 Å². The number of carbonyl (C=O) groups excluding carboxylic acids is 3. The lowest BCUT2D eigenvalue weighted by Crippen LogP contribution is -2.66. The number of barbiturate groups is 1. The van der Waals surface area contributed by atoms with Gasteiger partial charge in [-0.05, 0) is 37.9 Å². The first-order valence-corrected chi connectivity index (χ1v) is 9.05. The summed E-state index contributed by atoms with van der Waals surface area (Å²) >= 11 is 0. The fourth-order valence-electron chi connectivity index (χ4n) is 3.81. The molecule has 1 N–H and O–H groups in total. The number of nitrogens with zero attached hydrogens (tertiary/aromatic N) is 2. The van der Waals surface area contributed by atoms with Gasteiger partial charge in [-0.2, -0.15) is 0 Å². The number of urea groups is 1. The van der Waals surface area contributed by atoms with Crippen LogP contribution in [0.25, 0.3) is 0 Å². The zero-order valence-corrected chi connectivity index (χ0v) is 14.7. The molecule has 3 rings (SSSR count). The number of likely N-dealkylation sites (tertiary alicyclic amines) is 1. The first-order chi connectivity index (χ1) is 12.1. The topological polar surface area (TPSA) is 69.7 Å². The normalized spacial score (nSPS) is 25.2. The van der Waals surface area contributed by atoms with Gasteiger partial charge in [-0.1, -0.05) is 43.7 Å². The highest BCUT2D eigenvalue weighted by molar-refractivity contribution is 6.22. The van der Waals surface area contributed by atoms with Gasteiger partial charge in [0.15, 0.2) is 5.41 Å². The summed E-state index contributed by atoms with van der Waals surface area (Å²) in [5.41, 5.74) is -0.688. The van der Waals surface area contributed by atoms with E-state index in [2.05, 4.69) is 10.2 Å². The maximum atomic E-state index is 13.2. The summed E-state index contributed by atoms with van der Waals surface area (Å²) in [4.78, 5) is 41.6. The molecule has 2 saturated heterocycles. The maximum absolute atomic E-state index is 13.2. The molecule has 1 aromatic carbocycles. The number of nitrogens with one attached hydrogen (secondary N) is 1. The highest BCUT2D eigenvalue weighted by atomic mass is 16.2. The van der Waals surface area contributed by atoms with Crippen LogP contribution >= 0.6 is 0 Å². The molecule has 0 radical (unpaired) electrons. The molecule has 0 bridgehead atoms. The van der Waals surface area contributed by atoms with Gasteiger partial charge in [-0.15, -0.1) is 0 Å². The Hall–Kier alpha value is -2.21. The van der Waals surface area contributed by atoms with Crippen LogP contribution < -0.4 is 5.32 Å². The van der Waals surface area contributed by atoms with Gasteiger partial charge in [-0.25, -0.2) is 4.79 Å². The minimum absolute atomic E-state index is 0.312. The van der Waals surface area contributed by atoms with Crippen LogP contribution in [0, 0.1) is 0 Å². The molecule has 1 aromatic rings. The summed E-state index contributed by atoms with van der Waals surface area (Å²) in [5.74, 6) is -0.933. The fraction of sp³-hybridized carbons (Fsp3) is 0.526. The van der Waals surface area contributed by atoms with Gasteiger partial charge in [0.1, 0.15) is 0 Å². The van der Waals surface area contributed by atoms with Crippen molar-refractivity contribution in [3.63, 3.8) is 0 Å². The Labute approximate surface area is 148 Å². The number of imide groups is 2. The number of amides is 4. The monoisotopic (exact) mass is 343 g/mol. The second-order valence-corrected chi connectivity index (χ2v) is 6.74. The molecule has 25 heavy (non-hydrogen) atoms.